The summed E-state index contributed by atoms with van der Waals surface area (Å²) in [6.07, 6.45) is 9.96. The number of carbonyl (C=O) groups is 8. The van der Waals surface area contributed by atoms with Crippen molar-refractivity contribution in [2.45, 2.75) is 32.1 Å². The molecule has 12 nitrogen and oxygen atoms in total. The fraction of sp³-hybridized carbons (Fsp3) is 0.304. The van der Waals surface area contributed by atoms with Gasteiger partial charge in [0, 0.05) is 60.7 Å². The lowest BCUT2D eigenvalue weighted by molar-refractivity contribution is -0.139. The molecule has 4 aliphatic rings. The largest absolute Gasteiger partial charge is 0.289 e. The second-order valence-corrected chi connectivity index (χ2v) is 7.86. The van der Waals surface area contributed by atoms with Crippen LogP contribution in [0.5, 0.6) is 0 Å². The first kappa shape index (κ1) is 25.1. The van der Waals surface area contributed by atoms with E-state index in [1.165, 1.54) is 36.5 Å². The molecule has 12 heteroatoms. The van der Waals surface area contributed by atoms with Crippen molar-refractivity contribution in [1.29, 1.82) is 0 Å². The Morgan fingerprint density at radius 1 is 0.514 bits per heavy atom. The van der Waals surface area contributed by atoms with E-state index in [0.717, 1.165) is 9.80 Å². The highest BCUT2D eigenvalue weighted by atomic mass is 16.2. The van der Waals surface area contributed by atoms with E-state index in [9.17, 15) is 38.4 Å². The molecule has 0 aromatic carbocycles. The van der Waals surface area contributed by atoms with Crippen LogP contribution in [0.4, 0.5) is 0 Å². The highest BCUT2D eigenvalue weighted by molar-refractivity contribution is 6.17. The Morgan fingerprint density at radius 3 is 1.14 bits per heavy atom. The Labute approximate surface area is 199 Å². The number of nitrogens with one attached hydrogen (secondary N) is 2. The van der Waals surface area contributed by atoms with Crippen molar-refractivity contribution >= 4 is 47.3 Å². The van der Waals surface area contributed by atoms with Crippen LogP contribution in [0.2, 0.25) is 0 Å². The van der Waals surface area contributed by atoms with E-state index >= 15 is 0 Å². The average Bonchev–Trinajstić information content (AvgIpc) is 3.50. The first-order valence-electron chi connectivity index (χ1n) is 10.8. The van der Waals surface area contributed by atoms with Crippen LogP contribution in [0.1, 0.15) is 32.1 Å². The van der Waals surface area contributed by atoms with Gasteiger partial charge < -0.3 is 0 Å². The molecular formula is C23H22N4O8. The predicted octanol–water partition coefficient (Wildman–Crippen LogP) is -1.06. The summed E-state index contributed by atoms with van der Waals surface area (Å²) in [5.74, 6) is -2.81. The van der Waals surface area contributed by atoms with Crippen LogP contribution < -0.4 is 10.6 Å². The lowest BCUT2D eigenvalue weighted by atomic mass is 10.0. The molecule has 4 heterocycles. The van der Waals surface area contributed by atoms with Gasteiger partial charge in [0.2, 0.25) is 0 Å². The van der Waals surface area contributed by atoms with Crippen LogP contribution in [-0.4, -0.2) is 70.1 Å². The van der Waals surface area contributed by atoms with Gasteiger partial charge >= 0.3 is 0 Å². The minimum absolute atomic E-state index is 0.310. The highest BCUT2D eigenvalue weighted by Crippen LogP contribution is 2.17. The number of unbranched alkanes of at least 4 members (excludes halogenated alkanes) is 1. The van der Waals surface area contributed by atoms with Gasteiger partial charge in [0.1, 0.15) is 0 Å². The van der Waals surface area contributed by atoms with Crippen molar-refractivity contribution in [2.75, 3.05) is 13.1 Å². The monoisotopic (exact) mass is 482 g/mol. The maximum absolute atomic E-state index is 11.2. The molecule has 4 rings (SSSR count). The molecular weight excluding hydrogens is 460 g/mol. The summed E-state index contributed by atoms with van der Waals surface area (Å²) in [7, 11) is 0. The lowest BCUT2D eigenvalue weighted by Crippen LogP contribution is -2.33. The number of hydrogen-bond acceptors (Lipinski definition) is 8. The van der Waals surface area contributed by atoms with Gasteiger partial charge in [-0.1, -0.05) is 0 Å². The van der Waals surface area contributed by atoms with Crippen molar-refractivity contribution in [3.05, 3.63) is 47.6 Å². The van der Waals surface area contributed by atoms with Crippen LogP contribution in [0.25, 0.3) is 0 Å². The van der Waals surface area contributed by atoms with E-state index in [4.69, 9.17) is 0 Å². The van der Waals surface area contributed by atoms with Gasteiger partial charge in [-0.3, -0.25) is 58.8 Å². The lowest BCUT2D eigenvalue weighted by Gasteiger charge is -2.16. The number of imide groups is 4. The van der Waals surface area contributed by atoms with E-state index < -0.39 is 11.8 Å². The van der Waals surface area contributed by atoms with Crippen LogP contribution in [0, 0.1) is 0 Å². The molecule has 0 aromatic heterocycles. The molecule has 0 radical (unpaired) electrons. The summed E-state index contributed by atoms with van der Waals surface area (Å²) in [5.41, 5.74) is 0.834. The van der Waals surface area contributed by atoms with Crippen LogP contribution in [0.15, 0.2) is 47.6 Å². The SMILES string of the molecule is O=C1C=C(CCCC2=CC(=O)NC2=O)C(=O)N1.O=C1C=CC(=O)N1CCCCN1C(=O)C=CC1=O. The van der Waals surface area contributed by atoms with Crippen LogP contribution in [0.3, 0.4) is 0 Å². The van der Waals surface area contributed by atoms with Crippen molar-refractivity contribution in [2.24, 2.45) is 0 Å². The summed E-state index contributed by atoms with van der Waals surface area (Å²) in [4.78, 5) is 91.3. The van der Waals surface area contributed by atoms with Gasteiger partial charge in [-0.05, 0) is 32.1 Å². The van der Waals surface area contributed by atoms with Crippen molar-refractivity contribution < 1.29 is 38.4 Å². The quantitative estimate of drug-likeness (QED) is 0.310. The molecule has 182 valence electrons. The zero-order valence-electron chi connectivity index (χ0n) is 18.6. The maximum Gasteiger partial charge on any atom is 0.254 e. The Hall–Kier alpha value is -4.48. The second kappa shape index (κ2) is 11.1. The van der Waals surface area contributed by atoms with Gasteiger partial charge in [0.15, 0.2) is 0 Å². The number of amides is 8. The number of nitrogens with zero attached hydrogens (tertiary/aromatic N) is 2. The first-order chi connectivity index (χ1) is 16.7. The third kappa shape index (κ3) is 6.53. The molecule has 0 bridgehead atoms. The smallest absolute Gasteiger partial charge is 0.254 e. The summed E-state index contributed by atoms with van der Waals surface area (Å²) in [5, 5.41) is 4.29. The molecule has 4 aliphatic heterocycles. The fourth-order valence-electron chi connectivity index (χ4n) is 3.59. The minimum Gasteiger partial charge on any atom is -0.289 e. The third-order valence-corrected chi connectivity index (χ3v) is 5.37. The summed E-state index contributed by atoms with van der Waals surface area (Å²) < 4.78 is 0. The number of hydrogen-bond donors (Lipinski definition) is 2. The Balaban J connectivity index is 0.000000196. The van der Waals surface area contributed by atoms with Gasteiger partial charge in [-0.2, -0.15) is 0 Å². The van der Waals surface area contributed by atoms with E-state index in [1.54, 1.807) is 0 Å². The standard InChI is InChI=1S/C12H12N2O4.C11H10N2O4/c15-9-3-4-10(16)13(9)7-1-2-8-14-11(17)5-6-12(14)18;14-8-4-6(10(16)12-8)2-1-3-7-5-9(15)13-11(7)17/h3-6H,1-2,7-8H2;4-5H,1-3H2,(H,12,14,16)(H,13,15,17). The zero-order valence-corrected chi connectivity index (χ0v) is 18.6. The van der Waals surface area contributed by atoms with E-state index in [1.807, 2.05) is 0 Å². The van der Waals surface area contributed by atoms with Crippen LogP contribution >= 0.6 is 0 Å². The Bertz CT molecular complexity index is 1020. The molecule has 0 atom stereocenters. The molecule has 0 fully saturated rings. The van der Waals surface area contributed by atoms with Crippen molar-refractivity contribution in [3.63, 3.8) is 0 Å². The Morgan fingerprint density at radius 2 is 0.857 bits per heavy atom. The van der Waals surface area contributed by atoms with Gasteiger partial charge in [-0.15, -0.1) is 0 Å². The summed E-state index contributed by atoms with van der Waals surface area (Å²) >= 11 is 0. The molecule has 2 N–H and O–H groups in total. The van der Waals surface area contributed by atoms with Gasteiger partial charge in [0.05, 0.1) is 0 Å². The molecule has 0 aromatic rings. The molecule has 0 aliphatic carbocycles. The zero-order chi connectivity index (χ0) is 25.5. The van der Waals surface area contributed by atoms with E-state index in [0.29, 0.717) is 56.3 Å². The molecule has 8 amide bonds. The topological polar surface area (TPSA) is 167 Å². The van der Waals surface area contributed by atoms with Crippen molar-refractivity contribution in [1.82, 2.24) is 20.4 Å². The predicted molar refractivity (Wildman–Crippen MR) is 117 cm³/mol. The molecule has 0 spiro atoms. The second-order valence-electron chi connectivity index (χ2n) is 7.86. The molecule has 35 heavy (non-hydrogen) atoms. The molecule has 0 saturated carbocycles. The normalized spacial score (nSPS) is 18.9. The van der Waals surface area contributed by atoms with Crippen molar-refractivity contribution in [3.8, 4) is 0 Å². The average molecular weight is 482 g/mol. The number of rotatable bonds is 9. The third-order valence-electron chi connectivity index (χ3n) is 5.37. The van der Waals surface area contributed by atoms with Gasteiger partial charge in [-0.25, -0.2) is 0 Å². The van der Waals surface area contributed by atoms with E-state index in [-0.39, 0.29) is 35.4 Å². The Kier molecular flexibility index (Phi) is 7.97. The maximum atomic E-state index is 11.2. The molecule has 0 unspecified atom stereocenters. The fourth-order valence-corrected chi connectivity index (χ4v) is 3.59. The van der Waals surface area contributed by atoms with Gasteiger partial charge in [0.25, 0.3) is 47.3 Å². The first-order valence-corrected chi connectivity index (χ1v) is 10.8. The van der Waals surface area contributed by atoms with E-state index in [2.05, 4.69) is 10.6 Å². The molecule has 0 saturated heterocycles. The number of carbonyl (C=O) groups excluding carboxylic acids is 8. The summed E-state index contributed by atoms with van der Waals surface area (Å²) in [6, 6.07) is 0. The minimum atomic E-state index is -0.405. The van der Waals surface area contributed by atoms with Crippen LogP contribution in [-0.2, 0) is 38.4 Å². The highest BCUT2D eigenvalue weighted by Gasteiger charge is 2.25. The summed E-state index contributed by atoms with van der Waals surface area (Å²) in [6.45, 7) is 0.628.